The van der Waals surface area contributed by atoms with Crippen LogP contribution in [-0.4, -0.2) is 77.5 Å². The van der Waals surface area contributed by atoms with E-state index in [1.807, 2.05) is 0 Å². The van der Waals surface area contributed by atoms with Gasteiger partial charge in [0.15, 0.2) is 0 Å². The second-order valence-corrected chi connectivity index (χ2v) is 5.57. The highest BCUT2D eigenvalue weighted by molar-refractivity contribution is 6.02. The van der Waals surface area contributed by atoms with E-state index in [-0.39, 0.29) is 13.0 Å². The zero-order valence-corrected chi connectivity index (χ0v) is 14.1. The van der Waals surface area contributed by atoms with E-state index in [2.05, 4.69) is 5.32 Å². The Morgan fingerprint density at radius 2 is 1.68 bits per heavy atom. The molecule has 0 saturated heterocycles. The topological polar surface area (TPSA) is 136 Å². The van der Waals surface area contributed by atoms with E-state index in [0.29, 0.717) is 18.7 Å². The summed E-state index contributed by atoms with van der Waals surface area (Å²) in [6, 6.07) is 6.61. The Labute approximate surface area is 144 Å². The van der Waals surface area contributed by atoms with Crippen molar-refractivity contribution < 1.29 is 34.4 Å². The number of anilines is 1. The average Bonchev–Trinajstić information content (AvgIpc) is 2.52. The van der Waals surface area contributed by atoms with E-state index >= 15 is 0 Å². The van der Waals surface area contributed by atoms with E-state index in [1.165, 1.54) is 0 Å². The lowest BCUT2D eigenvalue weighted by Crippen LogP contribution is -2.50. The summed E-state index contributed by atoms with van der Waals surface area (Å²) in [5, 5.41) is 30.1. The number of carboxylic acid groups (broad SMARTS) is 3. The predicted molar refractivity (Wildman–Crippen MR) is 88.8 cm³/mol. The molecule has 25 heavy (non-hydrogen) atoms. The Kier molecular flexibility index (Phi) is 7.34. The molecular formula is C16H22N2O7. The average molecular weight is 354 g/mol. The Bertz CT molecular complexity index is 601. The molecule has 0 fully saturated rings. The summed E-state index contributed by atoms with van der Waals surface area (Å²) in [5.41, 5.74) is -1.07. The summed E-state index contributed by atoms with van der Waals surface area (Å²) >= 11 is 0. The largest absolute Gasteiger partial charge is 0.480 e. The van der Waals surface area contributed by atoms with Gasteiger partial charge in [-0.15, -0.1) is 0 Å². The van der Waals surface area contributed by atoms with Gasteiger partial charge in [0.2, 0.25) is 0 Å². The highest BCUT2D eigenvalue weighted by atomic mass is 16.5. The molecule has 0 aliphatic rings. The fourth-order valence-corrected chi connectivity index (χ4v) is 2.22. The minimum absolute atomic E-state index is 0.0515. The molecule has 0 bridgehead atoms. The van der Waals surface area contributed by atoms with Crippen molar-refractivity contribution in [3.05, 3.63) is 29.8 Å². The molecule has 1 rings (SSSR count). The first-order valence-corrected chi connectivity index (χ1v) is 7.46. The van der Waals surface area contributed by atoms with Crippen LogP contribution in [0.1, 0.15) is 5.56 Å². The van der Waals surface area contributed by atoms with E-state index in [1.54, 1.807) is 36.2 Å². The lowest BCUT2D eigenvalue weighted by atomic mass is 9.94. The monoisotopic (exact) mass is 354 g/mol. The minimum Gasteiger partial charge on any atom is -0.480 e. The molecule has 0 aliphatic heterocycles. The molecule has 0 radical (unpaired) electrons. The third-order valence-electron chi connectivity index (χ3n) is 3.67. The van der Waals surface area contributed by atoms with Crippen LogP contribution in [0.3, 0.4) is 0 Å². The number of hydrogen-bond donors (Lipinski definition) is 4. The molecule has 9 nitrogen and oxygen atoms in total. The number of benzene rings is 1. The molecule has 1 aromatic carbocycles. The molecule has 0 aliphatic carbocycles. The van der Waals surface area contributed by atoms with Crippen molar-refractivity contribution in [1.82, 2.24) is 4.90 Å². The van der Waals surface area contributed by atoms with Crippen LogP contribution >= 0.6 is 0 Å². The first kappa shape index (κ1) is 20.4. The molecular weight excluding hydrogens is 332 g/mol. The Morgan fingerprint density at radius 3 is 2.12 bits per heavy atom. The third-order valence-corrected chi connectivity index (χ3v) is 3.67. The van der Waals surface area contributed by atoms with Gasteiger partial charge < -0.3 is 25.4 Å². The first-order chi connectivity index (χ1) is 11.7. The Morgan fingerprint density at radius 1 is 1.12 bits per heavy atom. The van der Waals surface area contributed by atoms with Gasteiger partial charge in [-0.1, -0.05) is 12.1 Å². The number of hydrogen-bond acceptors (Lipinski definition) is 6. The lowest BCUT2D eigenvalue weighted by molar-refractivity contribution is -0.179. The molecule has 138 valence electrons. The number of carboxylic acids is 3. The van der Waals surface area contributed by atoms with E-state index in [4.69, 9.17) is 9.84 Å². The van der Waals surface area contributed by atoms with Crippen molar-refractivity contribution in [2.45, 2.75) is 12.0 Å². The van der Waals surface area contributed by atoms with Gasteiger partial charge in [0.05, 0.1) is 6.54 Å². The van der Waals surface area contributed by atoms with Crippen molar-refractivity contribution in [2.24, 2.45) is 0 Å². The van der Waals surface area contributed by atoms with Crippen LogP contribution in [0.15, 0.2) is 24.3 Å². The molecule has 0 heterocycles. The second kappa shape index (κ2) is 9.00. The van der Waals surface area contributed by atoms with Crippen LogP contribution in [0.4, 0.5) is 5.69 Å². The van der Waals surface area contributed by atoms with Crippen LogP contribution in [0.2, 0.25) is 0 Å². The number of methoxy groups -OCH3 is 1. The van der Waals surface area contributed by atoms with Crippen molar-refractivity contribution in [2.75, 3.05) is 39.1 Å². The summed E-state index contributed by atoms with van der Waals surface area (Å²) in [5.74, 6) is -4.03. The standard InChI is InChI=1S/C16H22N2O7/c1-18(10-13(19)20)8-7-17-12-5-3-11(4-6-12)9-16(25-2,14(21)22)15(23)24/h3-6,17H,7-10H2,1-2H3,(H,19,20)(H,21,22)(H,23,24). The molecule has 0 saturated carbocycles. The molecule has 0 aromatic heterocycles. The van der Waals surface area contributed by atoms with Crippen molar-refractivity contribution in [3.63, 3.8) is 0 Å². The van der Waals surface area contributed by atoms with E-state index in [9.17, 15) is 24.6 Å². The molecule has 1 aromatic rings. The quantitative estimate of drug-likeness (QED) is 0.411. The maximum atomic E-state index is 11.3. The van der Waals surface area contributed by atoms with Crippen LogP contribution < -0.4 is 5.32 Å². The van der Waals surface area contributed by atoms with Crippen LogP contribution in [0, 0.1) is 0 Å². The van der Waals surface area contributed by atoms with Crippen LogP contribution in [0.25, 0.3) is 0 Å². The van der Waals surface area contributed by atoms with Crippen molar-refractivity contribution in [3.8, 4) is 0 Å². The molecule has 0 spiro atoms. The maximum absolute atomic E-state index is 11.3. The fourth-order valence-electron chi connectivity index (χ4n) is 2.22. The Hall–Kier alpha value is -2.65. The summed E-state index contributed by atoms with van der Waals surface area (Å²) in [6.07, 6.45) is -0.310. The normalized spacial score (nSPS) is 11.3. The minimum atomic E-state index is -2.32. The summed E-state index contributed by atoms with van der Waals surface area (Å²) in [6.45, 7) is 0.998. The number of nitrogens with one attached hydrogen (secondary N) is 1. The van der Waals surface area contributed by atoms with Gasteiger partial charge in [-0.2, -0.15) is 0 Å². The van der Waals surface area contributed by atoms with Gasteiger partial charge in [-0.05, 0) is 24.7 Å². The molecule has 0 unspecified atom stereocenters. The highest BCUT2D eigenvalue weighted by Gasteiger charge is 2.47. The maximum Gasteiger partial charge on any atom is 0.348 e. The summed E-state index contributed by atoms with van der Waals surface area (Å²) in [4.78, 5) is 34.8. The van der Waals surface area contributed by atoms with Gasteiger partial charge >= 0.3 is 17.9 Å². The van der Waals surface area contributed by atoms with Gasteiger partial charge in [-0.3, -0.25) is 9.69 Å². The second-order valence-electron chi connectivity index (χ2n) is 5.57. The number of aliphatic carboxylic acids is 3. The van der Waals surface area contributed by atoms with Crippen molar-refractivity contribution >= 4 is 23.6 Å². The van der Waals surface area contributed by atoms with E-state index < -0.39 is 23.5 Å². The van der Waals surface area contributed by atoms with Crippen molar-refractivity contribution in [1.29, 1.82) is 0 Å². The smallest absolute Gasteiger partial charge is 0.348 e. The molecule has 4 N–H and O–H groups in total. The predicted octanol–water partition coefficient (Wildman–Crippen LogP) is 0.212. The van der Waals surface area contributed by atoms with Gasteiger partial charge in [0, 0.05) is 32.3 Å². The third kappa shape index (κ3) is 5.73. The number of likely N-dealkylation sites (N-methyl/N-ethyl adjacent to an activating group) is 1. The SMILES string of the molecule is COC(Cc1ccc(NCCN(C)CC(=O)O)cc1)(C(=O)O)C(=O)O. The zero-order valence-electron chi connectivity index (χ0n) is 14.1. The van der Waals surface area contributed by atoms with Gasteiger partial charge in [-0.25, -0.2) is 9.59 Å². The number of carbonyl (C=O) groups is 3. The van der Waals surface area contributed by atoms with Crippen LogP contribution in [-0.2, 0) is 25.5 Å². The number of rotatable bonds is 11. The molecule has 0 amide bonds. The molecule has 0 atom stereocenters. The van der Waals surface area contributed by atoms with Crippen LogP contribution in [0.5, 0.6) is 0 Å². The summed E-state index contributed by atoms with van der Waals surface area (Å²) < 4.78 is 4.75. The lowest BCUT2D eigenvalue weighted by Gasteiger charge is -2.23. The number of ether oxygens (including phenoxy) is 1. The van der Waals surface area contributed by atoms with E-state index in [0.717, 1.165) is 12.8 Å². The molecule has 9 heteroatoms. The van der Waals surface area contributed by atoms with Gasteiger partial charge in [0.1, 0.15) is 0 Å². The summed E-state index contributed by atoms with van der Waals surface area (Å²) in [7, 11) is 2.74. The number of nitrogens with zero attached hydrogens (tertiary/aromatic N) is 1. The fraction of sp³-hybridized carbons (Fsp3) is 0.438. The Balaban J connectivity index is 2.65. The first-order valence-electron chi connectivity index (χ1n) is 7.46. The zero-order chi connectivity index (χ0) is 19.0. The van der Waals surface area contributed by atoms with Gasteiger partial charge in [0.25, 0.3) is 5.60 Å². The highest BCUT2D eigenvalue weighted by Crippen LogP contribution is 2.20.